The number of benzene rings is 1. The van der Waals surface area contributed by atoms with Crippen LogP contribution in [0.25, 0.3) is 11.3 Å². The smallest absolute Gasteiger partial charge is 0.267 e. The third kappa shape index (κ3) is 2.15. The van der Waals surface area contributed by atoms with E-state index in [1.807, 2.05) is 31.2 Å². The van der Waals surface area contributed by atoms with E-state index in [-0.39, 0.29) is 5.56 Å². The van der Waals surface area contributed by atoms with E-state index in [0.717, 1.165) is 11.3 Å². The van der Waals surface area contributed by atoms with Crippen molar-refractivity contribution in [3.05, 3.63) is 50.7 Å². The Morgan fingerprint density at radius 1 is 1.27 bits per heavy atom. The molecule has 0 saturated carbocycles. The molecule has 3 nitrogen and oxygen atoms in total. The fourth-order valence-electron chi connectivity index (χ4n) is 1.25. The van der Waals surface area contributed by atoms with Crippen LogP contribution in [0, 0.1) is 6.92 Å². The van der Waals surface area contributed by atoms with Gasteiger partial charge in [0.1, 0.15) is 0 Å². The molecule has 0 saturated heterocycles. The second kappa shape index (κ2) is 3.98. The first-order valence-electron chi connectivity index (χ1n) is 4.49. The molecule has 0 fully saturated rings. The fraction of sp³-hybridized carbons (Fsp3) is 0.0909. The van der Waals surface area contributed by atoms with Crippen molar-refractivity contribution < 1.29 is 0 Å². The standard InChI is InChI=1S/C11H9BrN2O/c1-7-2-4-8(5-3-7)10-6-9(12)11(15)14-13-10/h2-6H,1H3,(H,14,15). The quantitative estimate of drug-likeness (QED) is 0.861. The first-order chi connectivity index (χ1) is 7.16. The number of nitrogens with one attached hydrogen (secondary N) is 1. The highest BCUT2D eigenvalue weighted by molar-refractivity contribution is 9.10. The Labute approximate surface area is 95.3 Å². The third-order valence-corrected chi connectivity index (χ3v) is 2.69. The number of nitrogens with zero attached hydrogens (tertiary/aromatic N) is 1. The van der Waals surface area contributed by atoms with Gasteiger partial charge in [0.2, 0.25) is 0 Å². The SMILES string of the molecule is Cc1ccc(-c2cc(Br)c(=O)[nH]n2)cc1. The molecule has 0 unspecified atom stereocenters. The van der Waals surface area contributed by atoms with Crippen LogP contribution in [0.2, 0.25) is 0 Å². The number of aromatic nitrogens is 2. The summed E-state index contributed by atoms with van der Waals surface area (Å²) < 4.78 is 0.494. The Morgan fingerprint density at radius 3 is 2.53 bits per heavy atom. The predicted octanol–water partition coefficient (Wildman–Crippen LogP) is 2.51. The van der Waals surface area contributed by atoms with Crippen LogP contribution >= 0.6 is 15.9 Å². The van der Waals surface area contributed by atoms with E-state index in [4.69, 9.17) is 0 Å². The molecule has 0 atom stereocenters. The lowest BCUT2D eigenvalue weighted by Crippen LogP contribution is -2.08. The number of halogens is 1. The molecule has 1 N–H and O–H groups in total. The zero-order chi connectivity index (χ0) is 10.8. The van der Waals surface area contributed by atoms with Crippen LogP contribution in [0.5, 0.6) is 0 Å². The van der Waals surface area contributed by atoms with Crippen LogP contribution in [0.3, 0.4) is 0 Å². The minimum atomic E-state index is -0.217. The van der Waals surface area contributed by atoms with Gasteiger partial charge in [-0.15, -0.1) is 0 Å². The van der Waals surface area contributed by atoms with Crippen LogP contribution in [-0.2, 0) is 0 Å². The van der Waals surface area contributed by atoms with E-state index in [1.54, 1.807) is 6.07 Å². The van der Waals surface area contributed by atoms with E-state index in [2.05, 4.69) is 26.1 Å². The van der Waals surface area contributed by atoms with Crippen molar-refractivity contribution in [3.8, 4) is 11.3 Å². The Morgan fingerprint density at radius 2 is 1.93 bits per heavy atom. The highest BCUT2D eigenvalue weighted by Gasteiger charge is 2.02. The zero-order valence-corrected chi connectivity index (χ0v) is 9.71. The van der Waals surface area contributed by atoms with Gasteiger partial charge in [-0.3, -0.25) is 4.79 Å². The lowest BCUT2D eigenvalue weighted by molar-refractivity contribution is 0.985. The maximum absolute atomic E-state index is 11.1. The molecule has 76 valence electrons. The van der Waals surface area contributed by atoms with Crippen molar-refractivity contribution in [3.63, 3.8) is 0 Å². The van der Waals surface area contributed by atoms with Gasteiger partial charge in [0, 0.05) is 5.56 Å². The Bertz CT molecular complexity index is 531. The first-order valence-corrected chi connectivity index (χ1v) is 5.28. The van der Waals surface area contributed by atoms with Gasteiger partial charge in [-0.05, 0) is 28.9 Å². The van der Waals surface area contributed by atoms with Gasteiger partial charge in [-0.2, -0.15) is 5.10 Å². The number of hydrogen-bond acceptors (Lipinski definition) is 2. The summed E-state index contributed by atoms with van der Waals surface area (Å²) >= 11 is 3.17. The van der Waals surface area contributed by atoms with Gasteiger partial charge in [-0.25, -0.2) is 5.10 Å². The molecule has 0 bridgehead atoms. The average molecular weight is 265 g/mol. The van der Waals surface area contributed by atoms with Gasteiger partial charge in [0.25, 0.3) is 5.56 Å². The summed E-state index contributed by atoms with van der Waals surface area (Å²) in [6.45, 7) is 2.03. The molecule has 0 amide bonds. The number of rotatable bonds is 1. The van der Waals surface area contributed by atoms with Gasteiger partial charge in [0.05, 0.1) is 10.2 Å². The maximum Gasteiger partial charge on any atom is 0.278 e. The van der Waals surface area contributed by atoms with Crippen molar-refractivity contribution in [2.75, 3.05) is 0 Å². The van der Waals surface area contributed by atoms with Crippen LogP contribution < -0.4 is 5.56 Å². The molecule has 2 aromatic rings. The Kier molecular flexibility index (Phi) is 2.68. The third-order valence-electron chi connectivity index (χ3n) is 2.11. The second-order valence-electron chi connectivity index (χ2n) is 3.30. The normalized spacial score (nSPS) is 10.3. The van der Waals surface area contributed by atoms with Crippen molar-refractivity contribution in [2.45, 2.75) is 6.92 Å². The van der Waals surface area contributed by atoms with E-state index < -0.39 is 0 Å². The summed E-state index contributed by atoms with van der Waals surface area (Å²) in [5, 5.41) is 6.40. The molecular formula is C11H9BrN2O. The zero-order valence-electron chi connectivity index (χ0n) is 8.12. The number of hydrogen-bond donors (Lipinski definition) is 1. The van der Waals surface area contributed by atoms with Gasteiger partial charge in [0.15, 0.2) is 0 Å². The van der Waals surface area contributed by atoms with Crippen molar-refractivity contribution >= 4 is 15.9 Å². The van der Waals surface area contributed by atoms with Crippen LogP contribution in [-0.4, -0.2) is 10.2 Å². The van der Waals surface area contributed by atoms with E-state index >= 15 is 0 Å². The second-order valence-corrected chi connectivity index (χ2v) is 4.15. The molecule has 4 heteroatoms. The molecule has 0 aliphatic carbocycles. The summed E-state index contributed by atoms with van der Waals surface area (Å²) in [4.78, 5) is 11.1. The summed E-state index contributed by atoms with van der Waals surface area (Å²) in [5.41, 5.74) is 2.71. The lowest BCUT2D eigenvalue weighted by Gasteiger charge is -2.00. The van der Waals surface area contributed by atoms with Crippen LogP contribution in [0.1, 0.15) is 5.56 Å². The van der Waals surface area contributed by atoms with Crippen LogP contribution in [0.15, 0.2) is 39.6 Å². The first kappa shape index (κ1) is 10.1. The van der Waals surface area contributed by atoms with Gasteiger partial charge in [-0.1, -0.05) is 29.8 Å². The van der Waals surface area contributed by atoms with Crippen molar-refractivity contribution in [1.29, 1.82) is 0 Å². The van der Waals surface area contributed by atoms with Crippen LogP contribution in [0.4, 0.5) is 0 Å². The molecule has 2 rings (SSSR count). The summed E-state index contributed by atoms with van der Waals surface area (Å²) in [6.07, 6.45) is 0. The van der Waals surface area contributed by atoms with Crippen molar-refractivity contribution in [2.24, 2.45) is 0 Å². The molecule has 0 aliphatic rings. The maximum atomic E-state index is 11.1. The minimum absolute atomic E-state index is 0.217. The molecule has 0 spiro atoms. The Hall–Kier alpha value is -1.42. The highest BCUT2D eigenvalue weighted by atomic mass is 79.9. The Balaban J connectivity index is 2.50. The highest BCUT2D eigenvalue weighted by Crippen LogP contribution is 2.18. The van der Waals surface area contributed by atoms with Gasteiger partial charge >= 0.3 is 0 Å². The lowest BCUT2D eigenvalue weighted by atomic mass is 10.1. The largest absolute Gasteiger partial charge is 0.278 e. The monoisotopic (exact) mass is 264 g/mol. The summed E-state index contributed by atoms with van der Waals surface area (Å²) in [6, 6.07) is 9.68. The van der Waals surface area contributed by atoms with Crippen molar-refractivity contribution in [1.82, 2.24) is 10.2 Å². The van der Waals surface area contributed by atoms with E-state index in [9.17, 15) is 4.79 Å². The molecule has 15 heavy (non-hydrogen) atoms. The molecule has 1 aromatic heterocycles. The summed E-state index contributed by atoms with van der Waals surface area (Å²) in [5.74, 6) is 0. The molecular weight excluding hydrogens is 256 g/mol. The fourth-order valence-corrected chi connectivity index (χ4v) is 1.56. The number of aromatic amines is 1. The van der Waals surface area contributed by atoms with E-state index in [0.29, 0.717) is 4.47 Å². The number of H-pyrrole nitrogens is 1. The number of aryl methyl sites for hydroxylation is 1. The molecule has 1 aromatic carbocycles. The van der Waals surface area contributed by atoms with Gasteiger partial charge < -0.3 is 0 Å². The minimum Gasteiger partial charge on any atom is -0.267 e. The molecule has 0 aliphatic heterocycles. The molecule has 1 heterocycles. The topological polar surface area (TPSA) is 45.8 Å². The average Bonchev–Trinajstić information content (AvgIpc) is 2.23. The van der Waals surface area contributed by atoms with E-state index in [1.165, 1.54) is 5.56 Å². The predicted molar refractivity (Wildman–Crippen MR) is 62.7 cm³/mol. The summed E-state index contributed by atoms with van der Waals surface area (Å²) in [7, 11) is 0. The molecule has 0 radical (unpaired) electrons.